The second-order valence-electron chi connectivity index (χ2n) is 20.0. The average molecular weight is 815 g/mol. The van der Waals surface area contributed by atoms with E-state index < -0.39 is 8.07 Å². The van der Waals surface area contributed by atoms with E-state index in [-0.39, 0.29) is 17.7 Å². The van der Waals surface area contributed by atoms with Crippen LogP contribution in [0, 0.1) is 0 Å². The van der Waals surface area contributed by atoms with Crippen LogP contribution in [0.4, 0.5) is 17.1 Å². The van der Waals surface area contributed by atoms with E-state index >= 15 is 0 Å². The fourth-order valence-corrected chi connectivity index (χ4v) is 19.0. The molecule has 0 bridgehead atoms. The number of rotatable bonds is 0. The van der Waals surface area contributed by atoms with Gasteiger partial charge in [0.25, 0.3) is 0 Å². The molecule has 0 amide bonds. The predicted molar refractivity (Wildman–Crippen MR) is 266 cm³/mol. The maximum Gasteiger partial charge on any atom is 0.333 e. The van der Waals surface area contributed by atoms with Crippen LogP contribution in [0.25, 0.3) is 64.2 Å². The van der Waals surface area contributed by atoms with Crippen LogP contribution >= 0.6 is 11.3 Å². The van der Waals surface area contributed by atoms with Gasteiger partial charge in [-0.1, -0.05) is 151 Å². The lowest BCUT2D eigenvalue weighted by Gasteiger charge is -2.49. The van der Waals surface area contributed by atoms with Crippen LogP contribution < -0.4 is 36.6 Å². The highest BCUT2D eigenvalue weighted by molar-refractivity contribution is 7.27. The van der Waals surface area contributed by atoms with Crippen molar-refractivity contribution in [3.8, 4) is 22.3 Å². The molecule has 0 saturated carbocycles. The second kappa shape index (κ2) is 11.2. The largest absolute Gasteiger partial charge is 0.375 e. The van der Waals surface area contributed by atoms with E-state index in [9.17, 15) is 0 Å². The highest BCUT2D eigenvalue weighted by Crippen LogP contribution is 2.52. The van der Waals surface area contributed by atoms with Crippen LogP contribution in [0.5, 0.6) is 0 Å². The minimum absolute atomic E-state index is 0.0116. The molecule has 0 unspecified atom stereocenters. The molecule has 0 fully saturated rings. The Labute approximate surface area is 361 Å². The minimum atomic E-state index is -2.78. The number of para-hydroxylation sites is 2. The van der Waals surface area contributed by atoms with Crippen LogP contribution in [0.15, 0.2) is 152 Å². The average Bonchev–Trinajstić information content (AvgIpc) is 3.90. The molecule has 4 aliphatic heterocycles. The Balaban J connectivity index is 1.22. The molecule has 4 aliphatic rings. The summed E-state index contributed by atoms with van der Waals surface area (Å²) in [6, 6.07) is 59.8. The van der Waals surface area contributed by atoms with Crippen molar-refractivity contribution < 1.29 is 0 Å². The normalized spacial score (nSPS) is 15.1. The maximum absolute atomic E-state index is 2.78. The number of fused-ring (bicyclic) bond motifs is 20. The molecule has 61 heavy (non-hydrogen) atoms. The van der Waals surface area contributed by atoms with Crippen LogP contribution in [-0.4, -0.2) is 19.4 Å². The molecule has 2 aromatic heterocycles. The number of benzene rings is 8. The van der Waals surface area contributed by atoms with E-state index in [1.807, 2.05) is 11.3 Å². The van der Waals surface area contributed by atoms with Crippen molar-refractivity contribution in [2.45, 2.75) is 52.4 Å². The fourth-order valence-electron chi connectivity index (χ4n) is 12.2. The topological polar surface area (TPSA) is 8.17 Å². The third kappa shape index (κ3) is 4.06. The third-order valence-corrected chi connectivity index (χ3v) is 21.0. The Morgan fingerprint density at radius 3 is 1.92 bits per heavy atom. The summed E-state index contributed by atoms with van der Waals surface area (Å²) in [6.07, 6.45) is 0. The molecule has 1 spiro atoms. The number of anilines is 3. The van der Waals surface area contributed by atoms with Gasteiger partial charge in [-0.2, -0.15) is 0 Å². The van der Waals surface area contributed by atoms with Gasteiger partial charge in [0.2, 0.25) is 0 Å². The van der Waals surface area contributed by atoms with Crippen molar-refractivity contribution >= 4 is 117 Å². The molecule has 6 heterocycles. The first kappa shape index (κ1) is 34.6. The van der Waals surface area contributed by atoms with E-state index in [0.717, 1.165) is 0 Å². The van der Waals surface area contributed by atoms with Gasteiger partial charge in [-0.05, 0) is 107 Å². The van der Waals surface area contributed by atoms with E-state index in [2.05, 4.69) is 203 Å². The zero-order valence-electron chi connectivity index (χ0n) is 35.3. The van der Waals surface area contributed by atoms with Gasteiger partial charge >= 0.3 is 6.85 Å². The molecule has 0 aliphatic carbocycles. The first-order valence-electron chi connectivity index (χ1n) is 21.9. The van der Waals surface area contributed by atoms with Gasteiger partial charge < -0.3 is 9.38 Å². The first-order chi connectivity index (χ1) is 29.5. The molecule has 0 radical (unpaired) electrons. The second-order valence-corrected chi connectivity index (χ2v) is 24.7. The van der Waals surface area contributed by atoms with Crippen LogP contribution in [0.1, 0.15) is 52.7 Å². The molecule has 10 aromatic rings. The van der Waals surface area contributed by atoms with Gasteiger partial charge in [0.1, 0.15) is 0 Å². The van der Waals surface area contributed by atoms with Crippen molar-refractivity contribution in [3.63, 3.8) is 0 Å². The van der Waals surface area contributed by atoms with E-state index in [0.29, 0.717) is 0 Å². The van der Waals surface area contributed by atoms with Crippen LogP contribution in [-0.2, 0) is 10.8 Å². The summed E-state index contributed by atoms with van der Waals surface area (Å²) in [4.78, 5) is 2.72. The van der Waals surface area contributed by atoms with E-state index in [4.69, 9.17) is 0 Å². The smallest absolute Gasteiger partial charge is 0.333 e. The highest BCUT2D eigenvalue weighted by Gasteiger charge is 2.57. The zero-order valence-corrected chi connectivity index (χ0v) is 37.1. The lowest BCUT2D eigenvalue weighted by Crippen LogP contribution is -2.77. The Morgan fingerprint density at radius 1 is 0.508 bits per heavy atom. The predicted octanol–water partition coefficient (Wildman–Crippen LogP) is 10.8. The summed E-state index contributed by atoms with van der Waals surface area (Å²) in [7, 11) is -2.78. The van der Waals surface area contributed by atoms with Gasteiger partial charge in [0, 0.05) is 70.2 Å². The first-order valence-corrected chi connectivity index (χ1v) is 24.7. The summed E-state index contributed by atoms with van der Waals surface area (Å²) in [5.41, 5.74) is 17.9. The number of nitrogens with zero attached hydrogens (tertiary/aromatic N) is 2. The molecule has 0 atom stereocenters. The quantitative estimate of drug-likeness (QED) is 0.139. The molecular formula is C56H43BN2SSi. The van der Waals surface area contributed by atoms with Crippen molar-refractivity contribution in [1.82, 2.24) is 4.48 Å². The van der Waals surface area contributed by atoms with E-state index in [1.165, 1.54) is 124 Å². The van der Waals surface area contributed by atoms with E-state index in [1.54, 1.807) is 0 Å². The fraction of sp³-hybridized carbons (Fsp3) is 0.143. The van der Waals surface area contributed by atoms with Crippen molar-refractivity contribution in [3.05, 3.63) is 163 Å². The zero-order chi connectivity index (χ0) is 40.9. The SMILES string of the molecule is CC(C)(C)c1ccc2c(c1)c1cc(C(C)(C)C)cc3c1n2B1c2cccc4c2N(c2ccccc2[Si]42c4ccccc4-c4ccccc42)c2cc4c(sc5ccccc54)c-3c21. The van der Waals surface area contributed by atoms with Gasteiger partial charge in [-0.25, -0.2) is 0 Å². The Bertz CT molecular complexity index is 3600. The maximum atomic E-state index is 2.78. The third-order valence-electron chi connectivity index (χ3n) is 14.8. The van der Waals surface area contributed by atoms with Crippen molar-refractivity contribution in [2.24, 2.45) is 0 Å². The van der Waals surface area contributed by atoms with Crippen molar-refractivity contribution in [1.29, 1.82) is 0 Å². The summed E-state index contributed by atoms with van der Waals surface area (Å²) >= 11 is 1.98. The summed E-state index contributed by atoms with van der Waals surface area (Å²) in [5.74, 6) is 0. The van der Waals surface area contributed by atoms with Gasteiger partial charge in [0.05, 0.1) is 0 Å². The lowest BCUT2D eigenvalue weighted by atomic mass is 9.45. The molecule has 0 saturated heterocycles. The van der Waals surface area contributed by atoms with Crippen LogP contribution in [0.2, 0.25) is 0 Å². The lowest BCUT2D eigenvalue weighted by molar-refractivity contribution is 0.590. The molecule has 14 rings (SSSR count). The monoisotopic (exact) mass is 814 g/mol. The summed E-state index contributed by atoms with van der Waals surface area (Å²) in [6.45, 7) is 14.2. The number of aromatic nitrogens is 1. The number of hydrogen-bond acceptors (Lipinski definition) is 2. The molecular weight excluding hydrogens is 772 g/mol. The number of hydrogen-bond donors (Lipinski definition) is 0. The number of thiophene rings is 1. The molecule has 0 N–H and O–H groups in total. The Kier molecular flexibility index (Phi) is 6.35. The highest BCUT2D eigenvalue weighted by atomic mass is 32.1. The molecule has 8 aromatic carbocycles. The molecule has 5 heteroatoms. The minimum Gasteiger partial charge on any atom is -0.375 e. The van der Waals surface area contributed by atoms with Gasteiger partial charge in [-0.15, -0.1) is 11.3 Å². The Morgan fingerprint density at radius 2 is 1.16 bits per heavy atom. The van der Waals surface area contributed by atoms with Crippen molar-refractivity contribution in [2.75, 3.05) is 4.90 Å². The van der Waals surface area contributed by atoms with Gasteiger partial charge in [0.15, 0.2) is 8.07 Å². The summed E-state index contributed by atoms with van der Waals surface area (Å²) < 4.78 is 5.53. The van der Waals surface area contributed by atoms with Gasteiger partial charge in [-0.3, -0.25) is 0 Å². The Hall–Kier alpha value is -6.14. The standard InChI is InChI=1S/C56H43BN2SSi/c1-55(2,3)32-26-27-42-37(28-32)38-29-33(56(4,5)6)30-40-50-51-44(31-39-34-16-7-11-21-45(34)60-54(39)50)58-43-20-10-14-24-48(43)61(46-22-12-8-17-35(46)36-18-9-13-23-47(36)61)49-25-15-19-41(53(49)58)57(51)59(42)52(38)40/h7-31H,1-6H3. The molecule has 290 valence electrons. The van der Waals surface area contributed by atoms with Crippen LogP contribution in [0.3, 0.4) is 0 Å². The molecule has 2 nitrogen and oxygen atoms in total. The summed E-state index contributed by atoms with van der Waals surface area (Å²) in [5, 5.41) is 11.4.